The van der Waals surface area contributed by atoms with Gasteiger partial charge in [0.1, 0.15) is 0 Å². The van der Waals surface area contributed by atoms with Gasteiger partial charge in [-0.3, -0.25) is 14.6 Å². The summed E-state index contributed by atoms with van der Waals surface area (Å²) in [6, 6.07) is 0. The number of hydrazine groups is 1. The van der Waals surface area contributed by atoms with Crippen LogP contribution >= 0.6 is 0 Å². The van der Waals surface area contributed by atoms with Crippen molar-refractivity contribution >= 4 is 16.8 Å². The second kappa shape index (κ2) is 6.85. The van der Waals surface area contributed by atoms with E-state index in [0.717, 1.165) is 13.0 Å². The van der Waals surface area contributed by atoms with Crippen molar-refractivity contribution in [3.8, 4) is 0 Å². The Bertz CT molecular complexity index is 195. The molecule has 0 aromatic rings. The van der Waals surface area contributed by atoms with Gasteiger partial charge in [0, 0.05) is 35.9 Å². The van der Waals surface area contributed by atoms with E-state index in [1.54, 1.807) is 13.3 Å². The molecule has 0 saturated carbocycles. The highest BCUT2D eigenvalue weighted by atomic mass is 32.2. The molecule has 6 heteroatoms. The summed E-state index contributed by atoms with van der Waals surface area (Å²) in [5.41, 5.74) is 2.42. The van der Waals surface area contributed by atoms with Crippen molar-refractivity contribution in [1.29, 1.82) is 0 Å². The van der Waals surface area contributed by atoms with Gasteiger partial charge in [-0.15, -0.1) is 0 Å². The summed E-state index contributed by atoms with van der Waals surface area (Å²) in [4.78, 5) is 3.84. The highest BCUT2D eigenvalue weighted by Gasteiger charge is 2.05. The van der Waals surface area contributed by atoms with Crippen molar-refractivity contribution < 1.29 is 4.21 Å². The van der Waals surface area contributed by atoms with Crippen molar-refractivity contribution in [2.75, 3.05) is 19.8 Å². The lowest BCUT2D eigenvalue weighted by Crippen LogP contribution is -2.42. The quantitative estimate of drug-likeness (QED) is 0.243. The number of nitrogens with zero attached hydrogens (tertiary/aromatic N) is 1. The van der Waals surface area contributed by atoms with Gasteiger partial charge in [-0.25, -0.2) is 5.84 Å². The van der Waals surface area contributed by atoms with E-state index in [-0.39, 0.29) is 5.25 Å². The second-order valence-electron chi connectivity index (χ2n) is 2.74. The Morgan fingerprint density at radius 1 is 1.69 bits per heavy atom. The molecule has 0 aliphatic rings. The normalized spacial score (nSPS) is 16.5. The minimum absolute atomic E-state index is 0.198. The minimum Gasteiger partial charge on any atom is -0.355 e. The molecular formula is C7H18N4OS. The van der Waals surface area contributed by atoms with Crippen molar-refractivity contribution in [3.05, 3.63) is 0 Å². The van der Waals surface area contributed by atoms with Gasteiger partial charge in [0.05, 0.1) is 0 Å². The Morgan fingerprint density at radius 2 is 2.31 bits per heavy atom. The minimum atomic E-state index is -0.760. The second-order valence-corrected chi connectivity index (χ2v) is 4.54. The first-order chi connectivity index (χ1) is 6.11. The van der Waals surface area contributed by atoms with Crippen LogP contribution in [0.2, 0.25) is 0 Å². The predicted molar refractivity (Wildman–Crippen MR) is 56.8 cm³/mol. The van der Waals surface area contributed by atoms with Gasteiger partial charge in [0.2, 0.25) is 5.96 Å². The molecule has 0 fully saturated rings. The van der Waals surface area contributed by atoms with Crippen LogP contribution in [0.4, 0.5) is 0 Å². The number of hydrogen-bond donors (Lipinski definition) is 3. The highest BCUT2D eigenvalue weighted by molar-refractivity contribution is 7.84. The first kappa shape index (κ1) is 12.4. The van der Waals surface area contributed by atoms with Crippen LogP contribution in [-0.4, -0.2) is 35.3 Å². The number of nitrogens with two attached hydrogens (primary N) is 1. The van der Waals surface area contributed by atoms with E-state index < -0.39 is 10.8 Å². The van der Waals surface area contributed by atoms with Gasteiger partial charge in [-0.1, -0.05) is 6.92 Å². The molecule has 0 aliphatic carbocycles. The predicted octanol–water partition coefficient (Wildman–Crippen LogP) is -0.818. The fourth-order valence-electron chi connectivity index (χ4n) is 0.754. The fraction of sp³-hybridized carbons (Fsp3) is 0.857. The molecule has 0 saturated heterocycles. The van der Waals surface area contributed by atoms with Crippen molar-refractivity contribution in [1.82, 2.24) is 10.7 Å². The topological polar surface area (TPSA) is 79.5 Å². The average Bonchev–Trinajstić information content (AvgIpc) is 2.12. The number of guanidine groups is 1. The van der Waals surface area contributed by atoms with E-state index in [0.29, 0.717) is 5.96 Å². The number of rotatable bonds is 4. The van der Waals surface area contributed by atoms with Gasteiger partial charge in [0.25, 0.3) is 0 Å². The van der Waals surface area contributed by atoms with E-state index in [4.69, 9.17) is 5.84 Å². The Hall–Kier alpha value is -0.620. The first-order valence-electron chi connectivity index (χ1n) is 4.11. The van der Waals surface area contributed by atoms with E-state index in [1.807, 2.05) is 6.92 Å². The molecule has 0 aromatic heterocycles. The van der Waals surface area contributed by atoms with Gasteiger partial charge in [0.15, 0.2) is 0 Å². The third-order valence-corrected chi connectivity index (χ3v) is 3.14. The van der Waals surface area contributed by atoms with Crippen molar-refractivity contribution in [2.24, 2.45) is 10.8 Å². The molecule has 2 unspecified atom stereocenters. The molecule has 0 aliphatic heterocycles. The van der Waals surface area contributed by atoms with E-state index in [2.05, 4.69) is 15.7 Å². The van der Waals surface area contributed by atoms with Crippen LogP contribution in [0.15, 0.2) is 4.99 Å². The van der Waals surface area contributed by atoms with E-state index in [1.165, 1.54) is 0 Å². The number of nitrogens with one attached hydrogen (secondary N) is 2. The van der Waals surface area contributed by atoms with Crippen LogP contribution in [0.25, 0.3) is 0 Å². The fourth-order valence-corrected chi connectivity index (χ4v) is 1.20. The first-order valence-corrected chi connectivity index (χ1v) is 5.73. The van der Waals surface area contributed by atoms with Gasteiger partial charge in [-0.05, 0) is 6.42 Å². The molecule has 5 nitrogen and oxygen atoms in total. The van der Waals surface area contributed by atoms with Gasteiger partial charge >= 0.3 is 0 Å². The Kier molecular flexibility index (Phi) is 6.52. The zero-order valence-electron chi connectivity index (χ0n) is 8.33. The summed E-state index contributed by atoms with van der Waals surface area (Å²) in [6.45, 7) is 2.67. The maximum absolute atomic E-state index is 11.0. The van der Waals surface area contributed by atoms with E-state index in [9.17, 15) is 4.21 Å². The molecule has 0 bridgehead atoms. The molecular weight excluding hydrogens is 188 g/mol. The van der Waals surface area contributed by atoms with Crippen molar-refractivity contribution in [2.45, 2.75) is 18.6 Å². The molecule has 2 atom stereocenters. The number of hydrogen-bond acceptors (Lipinski definition) is 3. The monoisotopic (exact) mass is 206 g/mol. The smallest absolute Gasteiger partial charge is 0.205 e. The zero-order chi connectivity index (χ0) is 10.3. The Labute approximate surface area is 81.6 Å². The largest absolute Gasteiger partial charge is 0.355 e. The molecule has 0 radical (unpaired) electrons. The lowest BCUT2D eigenvalue weighted by Gasteiger charge is -2.10. The summed E-state index contributed by atoms with van der Waals surface area (Å²) in [5.74, 6) is 5.71. The molecule has 0 spiro atoms. The van der Waals surface area contributed by atoms with Crippen LogP contribution in [0, 0.1) is 0 Å². The van der Waals surface area contributed by atoms with Crippen LogP contribution in [0.1, 0.15) is 13.3 Å². The molecule has 4 N–H and O–H groups in total. The maximum atomic E-state index is 11.0. The van der Waals surface area contributed by atoms with Crippen molar-refractivity contribution in [3.63, 3.8) is 0 Å². The van der Waals surface area contributed by atoms with Gasteiger partial charge in [-0.2, -0.15) is 0 Å². The van der Waals surface area contributed by atoms with Crippen LogP contribution in [0.3, 0.4) is 0 Å². The summed E-state index contributed by atoms with van der Waals surface area (Å²) < 4.78 is 11.0. The SMILES string of the molecule is CN=C(NN)NCCC(C)S(C)=O. The molecule has 78 valence electrons. The lowest BCUT2D eigenvalue weighted by atomic mass is 10.3. The molecule has 13 heavy (non-hydrogen) atoms. The summed E-state index contributed by atoms with van der Waals surface area (Å²) in [7, 11) is 0.882. The third-order valence-electron chi connectivity index (χ3n) is 1.77. The van der Waals surface area contributed by atoms with E-state index >= 15 is 0 Å². The summed E-state index contributed by atoms with van der Waals surface area (Å²) >= 11 is 0. The van der Waals surface area contributed by atoms with Crippen LogP contribution in [-0.2, 0) is 10.8 Å². The Balaban J connectivity index is 3.61. The molecule has 0 heterocycles. The van der Waals surface area contributed by atoms with Gasteiger partial charge < -0.3 is 5.32 Å². The third kappa shape index (κ3) is 5.59. The molecule has 0 amide bonds. The van der Waals surface area contributed by atoms with Crippen LogP contribution in [0.5, 0.6) is 0 Å². The molecule has 0 rings (SSSR count). The average molecular weight is 206 g/mol. The summed E-state index contributed by atoms with van der Waals surface area (Å²) in [5, 5.41) is 3.18. The van der Waals surface area contributed by atoms with Crippen LogP contribution < -0.4 is 16.6 Å². The number of aliphatic imine (C=N–C) groups is 1. The molecule has 0 aromatic carbocycles. The summed E-state index contributed by atoms with van der Waals surface area (Å²) in [6.07, 6.45) is 2.55. The maximum Gasteiger partial charge on any atom is 0.205 e. The highest BCUT2D eigenvalue weighted by Crippen LogP contribution is 1.96. The zero-order valence-corrected chi connectivity index (χ0v) is 9.15. The Morgan fingerprint density at radius 3 is 2.69 bits per heavy atom. The lowest BCUT2D eigenvalue weighted by molar-refractivity contribution is 0.664. The standard InChI is InChI=1S/C7H18N4OS/c1-6(13(3)12)4-5-10-7(9-2)11-8/h6H,4-5,8H2,1-3H3,(H2,9,10,11).